The second-order valence-electron chi connectivity index (χ2n) is 24.2. The van der Waals surface area contributed by atoms with Gasteiger partial charge in [0.15, 0.2) is 0 Å². The van der Waals surface area contributed by atoms with Crippen LogP contribution in [-0.2, 0) is 96.7 Å². The number of carbonyl (C=O) groups excluding carboxylic acids is 3. The Morgan fingerprint density at radius 1 is 0.535 bits per heavy atom. The number of alkyl halides is 6. The molecule has 39 heteroatoms. The van der Waals surface area contributed by atoms with E-state index in [-0.39, 0.29) is 87.2 Å². The molecule has 0 amide bonds. The summed E-state index contributed by atoms with van der Waals surface area (Å²) >= 11 is 10.0. The minimum absolute atomic E-state index is 0. The average Bonchev–Trinajstić information content (AvgIpc) is 0.819. The van der Waals surface area contributed by atoms with E-state index in [9.17, 15) is 61.0 Å². The Morgan fingerprint density at radius 2 is 0.895 bits per heavy atom. The van der Waals surface area contributed by atoms with E-state index in [0.29, 0.717) is 149 Å². The molecule has 9 rings (SSSR count). The van der Waals surface area contributed by atoms with Gasteiger partial charge in [0.25, 0.3) is 11.4 Å². The van der Waals surface area contributed by atoms with Gasteiger partial charge in [-0.1, -0.05) is 49.7 Å². The summed E-state index contributed by atoms with van der Waals surface area (Å²) in [6.07, 6.45) is 3.13. The number of methoxy groups -OCH3 is 5. The van der Waals surface area contributed by atoms with E-state index >= 15 is 0 Å². The molecular formula is C75H102Cl2F6N13O17Pd-. The summed E-state index contributed by atoms with van der Waals surface area (Å²) < 4.78 is 123. The van der Waals surface area contributed by atoms with Crippen molar-refractivity contribution in [2.45, 2.75) is 98.0 Å². The Balaban J connectivity index is 0.00000137. The van der Waals surface area contributed by atoms with Crippen LogP contribution in [0.4, 0.5) is 55.0 Å². The number of aryl methyl sites for hydroxylation is 1. The maximum atomic E-state index is 13.2. The normalized spacial score (nSPS) is 12.3. The third-order valence-electron chi connectivity index (χ3n) is 15.1. The van der Waals surface area contributed by atoms with Crippen molar-refractivity contribution in [1.82, 2.24) is 34.9 Å². The average molecular weight is 1750 g/mol. The van der Waals surface area contributed by atoms with Gasteiger partial charge in [0.2, 0.25) is 28.8 Å². The molecule has 0 aromatic carbocycles. The van der Waals surface area contributed by atoms with Crippen LogP contribution in [-0.4, -0.2) is 194 Å². The number of nitro groups is 2. The van der Waals surface area contributed by atoms with Crippen LogP contribution in [0.3, 0.4) is 0 Å². The fourth-order valence-electron chi connectivity index (χ4n) is 9.22. The molecule has 2 fully saturated rings. The van der Waals surface area contributed by atoms with Crippen molar-refractivity contribution in [2.24, 2.45) is 17.6 Å². The minimum atomic E-state index is -4.50. The Hall–Kier alpha value is -9.00. The molecule has 0 atom stereocenters. The van der Waals surface area contributed by atoms with Gasteiger partial charge in [-0.15, -0.1) is 0 Å². The number of piperidine rings is 2. The van der Waals surface area contributed by atoms with E-state index in [2.05, 4.69) is 65.1 Å². The molecule has 0 bridgehead atoms. The van der Waals surface area contributed by atoms with Crippen LogP contribution in [0, 0.1) is 39.5 Å². The van der Waals surface area contributed by atoms with Crippen molar-refractivity contribution in [3.8, 4) is 23.5 Å². The topological polar surface area (TPSA) is 390 Å². The number of aromatic nitrogens is 7. The van der Waals surface area contributed by atoms with Crippen molar-refractivity contribution in [1.29, 1.82) is 0 Å². The number of Topliss-reactive ketones (excluding diaryl/α,β-unsaturated/α-hetero) is 2. The van der Waals surface area contributed by atoms with Gasteiger partial charge >= 0.3 is 12.4 Å². The fraction of sp³-hybridized carbons (Fsp3) is 0.480. The van der Waals surface area contributed by atoms with Crippen LogP contribution in [0.25, 0.3) is 0 Å². The quantitative estimate of drug-likeness (QED) is 0.00550. The molecule has 5 N–H and O–H groups in total. The van der Waals surface area contributed by atoms with Crippen molar-refractivity contribution >= 4 is 68.7 Å². The first kappa shape index (κ1) is 105. The Kier molecular flexibility index (Phi) is 54.9. The predicted octanol–water partition coefficient (Wildman–Crippen LogP) is 12.7. The number of halogens is 8. The number of nitrogens with zero attached hydrogens (tertiary/aromatic N) is 11. The van der Waals surface area contributed by atoms with Crippen molar-refractivity contribution in [3.63, 3.8) is 0 Å². The second kappa shape index (κ2) is 59.7. The molecule has 0 unspecified atom stereocenters. The molecule has 0 aliphatic carbocycles. The molecule has 2 saturated heterocycles. The summed E-state index contributed by atoms with van der Waals surface area (Å²) in [5.74, 6) is 3.96. The van der Waals surface area contributed by atoms with E-state index in [1.54, 1.807) is 91.4 Å². The van der Waals surface area contributed by atoms with E-state index in [0.717, 1.165) is 74.4 Å². The third kappa shape index (κ3) is 46.4. The predicted molar refractivity (Wildman–Crippen MR) is 414 cm³/mol. The van der Waals surface area contributed by atoms with E-state index in [4.69, 9.17) is 66.1 Å². The molecule has 2 aliphatic heterocycles. The largest absolute Gasteiger partial charge is 0.475 e. The van der Waals surface area contributed by atoms with E-state index in [1.165, 1.54) is 43.3 Å². The number of aliphatic hydroxyl groups is 1. The number of rotatable bonds is 30. The number of ether oxygens (including phenoxy) is 9. The van der Waals surface area contributed by atoms with Gasteiger partial charge in [0, 0.05) is 169 Å². The standard InChI is InChI=1S/C24H30F3N3O3.C13H18F3N3.C11H15NO3.C8H10N2O4.C8H12N2O2.C5H3ClN2O2.C3H8O2.C2H3ClO.CH3.Pd/c1-17-9-11-30(12-10-17)23-19(5-7-21(29-23)24(25,26)27)4-6-20(31)15-18-3-8-22(28-16-18)33-14-13-32-2;1-9-4-6-19(7-5-9)12-10(8-17)2-3-11(18-12)13(14,15)16;1-9(13)7-10-3-4-11(12-8-10)15-6-5-14-2;1-13-4-5-14-8-3-2-7(6-9-8)10(11)12;1-11-4-5-12-8-3-2-7(9)6-10-8;6-5-2-1-4(3-7-5)8(9)10;1-5-3-2-4;1-2(3)4;;/h3,5,7-8,16-17H,4,6,9-15H2,1-2H3;2-3,9H,4-8,17H2,1H3;3-4,8H,5-7H2,1-2H3;2-3,6H,4-5H2,1H3;2-3,6H,4-5,9H2,1H3;1-3H;4H,2-3H2,1H3;1H3;1H3;/q;;;;;;;;-1;. The van der Waals surface area contributed by atoms with Crippen molar-refractivity contribution < 1.29 is 119 Å². The first-order valence-electron chi connectivity index (χ1n) is 34.9. The van der Waals surface area contributed by atoms with E-state index in [1.807, 2.05) is 15.9 Å². The maximum Gasteiger partial charge on any atom is 0.433 e. The molecule has 0 radical (unpaired) electrons. The van der Waals surface area contributed by atoms with Crippen LogP contribution in [0.1, 0.15) is 93.4 Å². The zero-order valence-electron chi connectivity index (χ0n) is 65.3. The number of ketones is 2. The minimum Gasteiger partial charge on any atom is -0.475 e. The van der Waals surface area contributed by atoms with Crippen LogP contribution in [0.5, 0.6) is 23.5 Å². The van der Waals surface area contributed by atoms with Crippen molar-refractivity contribution in [3.05, 3.63) is 182 Å². The fourth-order valence-corrected chi connectivity index (χ4v) is 9.33. The molecule has 114 heavy (non-hydrogen) atoms. The van der Waals surface area contributed by atoms with Crippen molar-refractivity contribution in [2.75, 3.05) is 143 Å². The number of anilines is 3. The molecule has 0 saturated carbocycles. The molecule has 30 nitrogen and oxygen atoms in total. The smallest absolute Gasteiger partial charge is 0.433 e. The van der Waals surface area contributed by atoms with Gasteiger partial charge in [-0.3, -0.25) is 34.6 Å². The first-order chi connectivity index (χ1) is 53.3. The van der Waals surface area contributed by atoms with Crippen LogP contribution in [0.15, 0.2) is 116 Å². The number of hydrogen-bond donors (Lipinski definition) is 3. The Morgan fingerprint density at radius 3 is 1.20 bits per heavy atom. The summed E-state index contributed by atoms with van der Waals surface area (Å²) in [5.41, 5.74) is 12.8. The SMILES string of the molecule is CC(=O)Cl.CC1CCN(c2nc(C(F)(F)F)ccc2CN)CC1.COCCO.COCCOc1ccc(CC(=O)CCc2ccc(C(F)(F)F)nc2N2CCC(C)CC2)cn1.COCCOc1ccc(CC(C)=O)cn1.COCCOc1ccc(N)cn1.COCCOc1ccc([N+](=O)[O-])cn1.O=[N+]([O-])c1ccc(Cl)nc1.[CH3-].[Pd]. The van der Waals surface area contributed by atoms with Gasteiger partial charge in [-0.05, 0) is 103 Å². The Labute approximate surface area is 683 Å². The monoisotopic (exact) mass is 1750 g/mol. The molecule has 7 aromatic heterocycles. The first-order valence-corrected chi connectivity index (χ1v) is 35.6. The molecule has 9 heterocycles. The molecule has 0 spiro atoms. The Bertz CT molecular complexity index is 3790. The number of carbonyl (C=O) groups is 3. The number of nitrogens with two attached hydrogens (primary N) is 2. The van der Waals surface area contributed by atoms with Crippen LogP contribution < -0.4 is 40.2 Å². The molecule has 636 valence electrons. The summed E-state index contributed by atoms with van der Waals surface area (Å²) in [6, 6.07) is 20.9. The van der Waals surface area contributed by atoms with Gasteiger partial charge in [0.05, 0.1) is 61.4 Å². The van der Waals surface area contributed by atoms with Gasteiger partial charge in [0.1, 0.15) is 78.6 Å². The summed E-state index contributed by atoms with van der Waals surface area (Å²) in [4.78, 5) is 82.9. The van der Waals surface area contributed by atoms with Crippen LogP contribution >= 0.6 is 23.2 Å². The third-order valence-corrected chi connectivity index (χ3v) is 15.3. The summed E-state index contributed by atoms with van der Waals surface area (Å²) in [7, 11) is 7.94. The maximum absolute atomic E-state index is 13.2. The van der Waals surface area contributed by atoms with Gasteiger partial charge in [-0.25, -0.2) is 34.9 Å². The number of hydrogen-bond acceptors (Lipinski definition) is 28. The number of aliphatic hydroxyl groups excluding tert-OH is 1. The van der Waals surface area contributed by atoms with Crippen LogP contribution in [0.2, 0.25) is 5.15 Å². The van der Waals surface area contributed by atoms with Gasteiger partial charge in [-0.2, -0.15) is 26.3 Å². The number of nitrogen functional groups attached to an aromatic ring is 1. The molecule has 7 aromatic rings. The summed E-state index contributed by atoms with van der Waals surface area (Å²) in [6.45, 7) is 14.5. The molecular weight excluding hydrogens is 1650 g/mol. The second-order valence-corrected chi connectivity index (χ2v) is 25.1. The van der Waals surface area contributed by atoms with E-state index < -0.39 is 33.6 Å². The number of pyridine rings is 7. The zero-order chi connectivity index (χ0) is 83.4. The molecule has 2 aliphatic rings. The van der Waals surface area contributed by atoms with Gasteiger partial charge < -0.3 is 76.4 Å². The summed E-state index contributed by atoms with van der Waals surface area (Å²) in [5, 5.41) is 28.1. The zero-order valence-corrected chi connectivity index (χ0v) is 68.3.